The predicted molar refractivity (Wildman–Crippen MR) is 368 cm³/mol. The summed E-state index contributed by atoms with van der Waals surface area (Å²) in [6.45, 7) is 6.15. The number of amides is 2. The number of carbonyl (C=O) groups is 2. The molecule has 2 aromatic heterocycles. The first-order valence-electron chi connectivity index (χ1n) is 33.3. The zero-order valence-electron chi connectivity index (χ0n) is 55.1. The lowest BCUT2D eigenvalue weighted by Gasteiger charge is -2.19. The van der Waals surface area contributed by atoms with E-state index in [0.29, 0.717) is 25.9 Å². The molecule has 25 nitrogen and oxygen atoms in total. The van der Waals surface area contributed by atoms with Gasteiger partial charge in [0.25, 0.3) is 0 Å². The molecule has 0 saturated heterocycles. The largest absolute Gasteiger partial charge is 0.423 e. The number of nitrogens with zero attached hydrogens (tertiary/aromatic N) is 4. The Balaban J connectivity index is 0.000000485. The first-order chi connectivity index (χ1) is 44.8. The first-order valence-corrected chi connectivity index (χ1v) is 38.0. The minimum absolute atomic E-state index is 0.0550. The Bertz CT molecular complexity index is 2860. The van der Waals surface area contributed by atoms with E-state index in [1.807, 2.05) is 0 Å². The minimum Gasteiger partial charge on any atom is -0.423 e. The minimum atomic E-state index is -4.25. The van der Waals surface area contributed by atoms with Gasteiger partial charge in [-0.05, 0) is 110 Å². The number of nitrogens with one attached hydrogen (secondary N) is 2. The maximum absolute atomic E-state index is 12.6. The monoisotopic (exact) mass is 1360 g/mol. The van der Waals surface area contributed by atoms with Crippen molar-refractivity contribution in [3.05, 3.63) is 105 Å². The molecule has 6 atom stereocenters. The summed E-state index contributed by atoms with van der Waals surface area (Å²) in [7, 11) is -8.50. The number of aromatic nitrogens is 4. The summed E-state index contributed by atoms with van der Waals surface area (Å²) in [6.07, 6.45) is 28.1. The fraction of sp³-hybridized carbons (Fsp3) is 0.662. The number of anilines is 2. The molecule has 0 radical (unpaired) electrons. The van der Waals surface area contributed by atoms with Gasteiger partial charge in [0.1, 0.15) is 23.1 Å². The number of hydrogen-bond acceptors (Lipinski definition) is 20. The van der Waals surface area contributed by atoms with Gasteiger partial charge in [-0.3, -0.25) is 18.7 Å². The van der Waals surface area contributed by atoms with E-state index >= 15 is 0 Å². The Morgan fingerprint density at radius 1 is 0.527 bits per heavy atom. The average molecular weight is 1370 g/mol. The zero-order chi connectivity index (χ0) is 68.0. The third kappa shape index (κ3) is 39.4. The molecule has 2 amide bonds. The van der Waals surface area contributed by atoms with E-state index < -0.39 is 76.8 Å². The Labute approximate surface area is 554 Å². The van der Waals surface area contributed by atoms with Crippen LogP contribution < -0.4 is 54.0 Å². The number of unbranched alkanes of at least 4 members (excludes halogenated alkanes) is 19. The summed E-state index contributed by atoms with van der Waals surface area (Å²) in [5.74, 6) is 2.49. The molecule has 0 fully saturated rings. The molecule has 4 aromatic rings. The third-order valence-electron chi connectivity index (χ3n) is 14.9. The van der Waals surface area contributed by atoms with Crippen LogP contribution in [0.15, 0.2) is 82.6 Å². The van der Waals surface area contributed by atoms with Crippen molar-refractivity contribution in [1.29, 1.82) is 0 Å². The van der Waals surface area contributed by atoms with E-state index in [0.717, 1.165) is 75.7 Å². The van der Waals surface area contributed by atoms with E-state index in [2.05, 4.69) is 46.2 Å². The van der Waals surface area contributed by atoms with E-state index in [4.69, 9.17) is 46.2 Å². The van der Waals surface area contributed by atoms with E-state index in [1.165, 1.54) is 166 Å². The van der Waals surface area contributed by atoms with Gasteiger partial charge in [0.15, 0.2) is 12.7 Å². The number of nitrogen functional groups attached to an aromatic ring is 2. The van der Waals surface area contributed by atoms with Crippen molar-refractivity contribution in [3.8, 4) is 11.5 Å². The molecule has 0 aliphatic heterocycles. The average Bonchev–Trinajstić information content (AvgIpc) is 3.49. The highest BCUT2D eigenvalue weighted by molar-refractivity contribution is 7.99. The van der Waals surface area contributed by atoms with Crippen molar-refractivity contribution in [1.82, 2.24) is 29.7 Å². The summed E-state index contributed by atoms with van der Waals surface area (Å²) in [5.41, 5.74) is 23.4. The van der Waals surface area contributed by atoms with Crippen LogP contribution in [0.3, 0.4) is 0 Å². The Morgan fingerprint density at radius 3 is 1.23 bits per heavy atom. The standard InChI is InChI=1S/C33H56N5O7PS.C32H54N5O8P/c1-2-3-4-5-9-12-21-47-22-13-10-7-6-8-11-19-36-32(40)30(34)23-27-14-16-28(17-15-27)45-46(42,43)26-44-29(25-39)24-38-20-18-31(35)37-33(38)41;1-2-3-4-5-8-11-20-43-21-12-9-6-7-10-18-35-31(39)29(33)22-26-13-15-27(16-14-26)45-46(41,42)25-44-28(24-38)23-37-19-17-30(34)36-32(37)40/h14-18,20,29-30,39H,2-13,19,21-26,34H2,1H3,(H,36,40)(H,42,43)(H2,35,37,41);13-17,19,28-29,38H,2-12,18,20-25,33H2,1H3,(H,35,39)(H,41,42)(H2,34,36,40)/t29-,30-;28-,29-/m00/s1. The highest BCUT2D eigenvalue weighted by atomic mass is 32.2. The van der Waals surface area contributed by atoms with E-state index in [9.17, 15) is 48.3 Å². The van der Waals surface area contributed by atoms with Gasteiger partial charge in [0, 0.05) is 38.7 Å². The number of rotatable bonds is 53. The fourth-order valence-corrected chi connectivity index (χ4v) is 12.4. The van der Waals surface area contributed by atoms with Crippen LogP contribution in [0.25, 0.3) is 0 Å². The lowest BCUT2D eigenvalue weighted by molar-refractivity contribution is -0.123. The summed E-state index contributed by atoms with van der Waals surface area (Å²) < 4.78 is 54.3. The number of thioether (sulfide) groups is 1. The van der Waals surface area contributed by atoms with Gasteiger partial charge in [-0.25, -0.2) is 18.7 Å². The molecule has 28 heteroatoms. The van der Waals surface area contributed by atoms with Crippen LogP contribution in [0.1, 0.15) is 173 Å². The third-order valence-corrected chi connectivity index (χ3v) is 18.0. The van der Waals surface area contributed by atoms with Crippen LogP contribution in [0.5, 0.6) is 11.5 Å². The zero-order valence-corrected chi connectivity index (χ0v) is 57.7. The molecule has 526 valence electrons. The summed E-state index contributed by atoms with van der Waals surface area (Å²) in [5, 5.41) is 25.0. The topological polar surface area (TPSA) is 393 Å². The highest BCUT2D eigenvalue weighted by Crippen LogP contribution is 2.44. The van der Waals surface area contributed by atoms with Crippen molar-refractivity contribution in [2.24, 2.45) is 11.5 Å². The van der Waals surface area contributed by atoms with E-state index in [1.54, 1.807) is 24.3 Å². The van der Waals surface area contributed by atoms with Gasteiger partial charge >= 0.3 is 26.6 Å². The molecule has 2 unspecified atom stereocenters. The Hall–Kier alpha value is -5.21. The number of hydrogen-bond donors (Lipinski definition) is 10. The van der Waals surface area contributed by atoms with E-state index in [-0.39, 0.29) is 48.0 Å². The predicted octanol–water partition coefficient (Wildman–Crippen LogP) is 8.58. The molecule has 93 heavy (non-hydrogen) atoms. The van der Waals surface area contributed by atoms with Gasteiger partial charge in [-0.2, -0.15) is 21.7 Å². The first kappa shape index (κ1) is 82.0. The van der Waals surface area contributed by atoms with Crippen molar-refractivity contribution < 1.29 is 62.0 Å². The van der Waals surface area contributed by atoms with Crippen LogP contribution in [-0.2, 0) is 58.9 Å². The molecule has 14 N–H and O–H groups in total. The SMILES string of the molecule is CCCCCCCCOCCCCCCCNC(=O)[C@@H](N)Cc1ccc(OP(=O)(O)CO[C@H](CO)Cn2ccc(N)nc2=O)cc1.CCCCCCCCSCCCCCCCCNC(=O)[C@@H](N)Cc1ccc(OP(=O)(O)CO[C@H](CO)Cn2ccc(N)nc2=O)cc1. The Kier molecular flexibility index (Phi) is 43.5. The summed E-state index contributed by atoms with van der Waals surface area (Å²) >= 11 is 2.09. The second-order valence-corrected chi connectivity index (χ2v) is 28.0. The number of aliphatic hydroxyl groups excluding tert-OH is 2. The lowest BCUT2D eigenvalue weighted by Crippen LogP contribution is -2.42. The number of aliphatic hydroxyl groups is 2. The number of nitrogens with two attached hydrogens (primary N) is 4. The molecule has 0 aliphatic carbocycles. The van der Waals surface area contributed by atoms with Crippen molar-refractivity contribution >= 4 is 50.4 Å². The van der Waals surface area contributed by atoms with Gasteiger partial charge in [-0.1, -0.05) is 147 Å². The second-order valence-electron chi connectivity index (χ2n) is 23.4. The molecule has 0 spiro atoms. The van der Waals surface area contributed by atoms with Gasteiger partial charge < -0.3 is 76.8 Å². The number of ether oxygens (including phenoxy) is 3. The van der Waals surface area contributed by atoms with Gasteiger partial charge in [-0.15, -0.1) is 0 Å². The van der Waals surface area contributed by atoms with Gasteiger partial charge in [0.05, 0.1) is 50.6 Å². The molecule has 0 saturated carbocycles. The highest BCUT2D eigenvalue weighted by Gasteiger charge is 2.27. The number of benzene rings is 2. The van der Waals surface area contributed by atoms with Gasteiger partial charge in [0.2, 0.25) is 11.8 Å². The maximum Gasteiger partial charge on any atom is 0.402 e. The molecular formula is C65H110N10O15P2S. The maximum atomic E-state index is 12.6. The van der Waals surface area contributed by atoms with Crippen LogP contribution >= 0.6 is 27.0 Å². The normalized spacial score (nSPS) is 14.0. The Morgan fingerprint density at radius 2 is 0.871 bits per heavy atom. The van der Waals surface area contributed by atoms with Crippen molar-refractivity contribution in [3.63, 3.8) is 0 Å². The molecular weight excluding hydrogens is 1250 g/mol. The quantitative estimate of drug-likeness (QED) is 0.0146. The molecule has 0 bridgehead atoms. The van der Waals surface area contributed by atoms with Crippen LogP contribution in [0.2, 0.25) is 0 Å². The smallest absolute Gasteiger partial charge is 0.402 e. The lowest BCUT2D eigenvalue weighted by atomic mass is 10.1. The second kappa shape index (κ2) is 49.3. The fourth-order valence-electron chi connectivity index (χ4n) is 9.53. The summed E-state index contributed by atoms with van der Waals surface area (Å²) in [4.78, 5) is 76.3. The molecule has 0 aliphatic rings. The number of carbonyl (C=O) groups excluding carboxylic acids is 2. The van der Waals surface area contributed by atoms with Crippen LogP contribution in [0.4, 0.5) is 11.6 Å². The molecule has 2 heterocycles. The molecule has 4 rings (SSSR count). The van der Waals surface area contributed by atoms with Crippen molar-refractivity contribution in [2.45, 2.75) is 212 Å². The summed E-state index contributed by atoms with van der Waals surface area (Å²) in [6, 6.07) is 14.1. The molecule has 2 aromatic carbocycles. The van der Waals surface area contributed by atoms with Crippen LogP contribution in [0, 0.1) is 0 Å². The van der Waals surface area contributed by atoms with Crippen LogP contribution in [-0.4, -0.2) is 139 Å². The van der Waals surface area contributed by atoms with Crippen molar-refractivity contribution in [2.75, 3.05) is 75.2 Å².